The molecule has 36 heavy (non-hydrogen) atoms. The molecule has 0 bridgehead atoms. The first-order valence-corrected chi connectivity index (χ1v) is 11.7. The predicted octanol–water partition coefficient (Wildman–Crippen LogP) is 5.63. The van der Waals surface area contributed by atoms with Crippen molar-refractivity contribution >= 4 is 40.0 Å². The van der Waals surface area contributed by atoms with Crippen molar-refractivity contribution in [1.29, 1.82) is 0 Å². The standard InChI is InChI=1S/C28H22ClFN2O4/c1-36-21-10-11-23-22(14-21)18(15-31-23)12-13-32-25(16-2-6-19(29)7-3-16)24(27(34)28(32)35)26(33)17-4-8-20(30)9-5-17/h2-11,14-15,25,31,33H,12-13H2,1H3/t25-/m0/s1. The van der Waals surface area contributed by atoms with E-state index in [9.17, 15) is 19.1 Å². The molecule has 1 atom stereocenters. The second-order valence-corrected chi connectivity index (χ2v) is 8.96. The Balaban J connectivity index is 1.55. The number of fused-ring (bicyclic) bond motifs is 1. The number of aromatic amines is 1. The second-order valence-electron chi connectivity index (χ2n) is 8.53. The fourth-order valence-corrected chi connectivity index (χ4v) is 4.72. The summed E-state index contributed by atoms with van der Waals surface area (Å²) in [6.45, 7) is 0.224. The maximum atomic E-state index is 13.5. The van der Waals surface area contributed by atoms with Crippen LogP contribution in [0.25, 0.3) is 16.7 Å². The molecule has 8 heteroatoms. The van der Waals surface area contributed by atoms with Gasteiger partial charge in [0.2, 0.25) is 0 Å². The molecule has 0 spiro atoms. The van der Waals surface area contributed by atoms with Crippen LogP contribution in [0.2, 0.25) is 5.02 Å². The molecule has 1 saturated heterocycles. The van der Waals surface area contributed by atoms with Crippen molar-refractivity contribution in [3.8, 4) is 5.75 Å². The summed E-state index contributed by atoms with van der Waals surface area (Å²) in [5.41, 5.74) is 2.71. The molecule has 1 fully saturated rings. The molecule has 2 heterocycles. The van der Waals surface area contributed by atoms with Crippen molar-refractivity contribution in [2.24, 2.45) is 0 Å². The molecule has 182 valence electrons. The van der Waals surface area contributed by atoms with Gasteiger partial charge in [0.15, 0.2) is 0 Å². The van der Waals surface area contributed by atoms with E-state index in [4.69, 9.17) is 16.3 Å². The van der Waals surface area contributed by atoms with Crippen LogP contribution >= 0.6 is 11.6 Å². The van der Waals surface area contributed by atoms with Gasteiger partial charge in [0.05, 0.1) is 18.7 Å². The van der Waals surface area contributed by atoms with E-state index in [0.717, 1.165) is 16.5 Å². The summed E-state index contributed by atoms with van der Waals surface area (Å²) in [4.78, 5) is 31.0. The molecular formula is C28H22ClFN2O4. The first-order chi connectivity index (χ1) is 17.4. The Bertz CT molecular complexity index is 1490. The van der Waals surface area contributed by atoms with E-state index in [0.29, 0.717) is 22.8 Å². The number of amides is 1. The number of nitrogens with zero attached hydrogens (tertiary/aromatic N) is 1. The number of carbonyl (C=O) groups excluding carboxylic acids is 2. The van der Waals surface area contributed by atoms with E-state index in [2.05, 4.69) is 4.98 Å². The average molecular weight is 505 g/mol. The lowest BCUT2D eigenvalue weighted by Crippen LogP contribution is -2.31. The minimum absolute atomic E-state index is 0.0467. The summed E-state index contributed by atoms with van der Waals surface area (Å²) in [6.07, 6.45) is 2.33. The maximum absolute atomic E-state index is 13.5. The molecule has 4 aromatic rings. The number of hydrogen-bond donors (Lipinski definition) is 2. The number of ketones is 1. The van der Waals surface area contributed by atoms with Crippen LogP contribution in [0.3, 0.4) is 0 Å². The highest BCUT2D eigenvalue weighted by Gasteiger charge is 2.45. The molecule has 0 radical (unpaired) electrons. The summed E-state index contributed by atoms with van der Waals surface area (Å²) >= 11 is 6.07. The van der Waals surface area contributed by atoms with Gasteiger partial charge in [-0.15, -0.1) is 0 Å². The number of aliphatic hydroxyl groups excluding tert-OH is 1. The number of H-pyrrole nitrogens is 1. The monoisotopic (exact) mass is 504 g/mol. The third kappa shape index (κ3) is 4.22. The zero-order chi connectivity index (χ0) is 25.4. The molecule has 2 N–H and O–H groups in total. The largest absolute Gasteiger partial charge is 0.507 e. The van der Waals surface area contributed by atoms with Gasteiger partial charge >= 0.3 is 0 Å². The maximum Gasteiger partial charge on any atom is 0.295 e. The van der Waals surface area contributed by atoms with Crippen molar-refractivity contribution in [3.05, 3.63) is 106 Å². The Morgan fingerprint density at radius 1 is 1.08 bits per heavy atom. The third-order valence-electron chi connectivity index (χ3n) is 6.44. The summed E-state index contributed by atoms with van der Waals surface area (Å²) in [7, 11) is 1.60. The Morgan fingerprint density at radius 3 is 2.50 bits per heavy atom. The van der Waals surface area contributed by atoms with Gasteiger partial charge in [-0.3, -0.25) is 9.59 Å². The van der Waals surface area contributed by atoms with Crippen molar-refractivity contribution < 1.29 is 23.8 Å². The highest BCUT2D eigenvalue weighted by atomic mass is 35.5. The van der Waals surface area contributed by atoms with Crippen LogP contribution in [0.4, 0.5) is 4.39 Å². The van der Waals surface area contributed by atoms with E-state index in [-0.39, 0.29) is 23.4 Å². The number of hydrogen-bond acceptors (Lipinski definition) is 4. The number of ether oxygens (including phenoxy) is 1. The number of benzene rings is 3. The normalized spacial score (nSPS) is 17.2. The van der Waals surface area contributed by atoms with Gasteiger partial charge in [0.1, 0.15) is 17.3 Å². The lowest BCUT2D eigenvalue weighted by Gasteiger charge is -2.25. The second kappa shape index (κ2) is 9.51. The van der Waals surface area contributed by atoms with Crippen molar-refractivity contribution in [1.82, 2.24) is 9.88 Å². The average Bonchev–Trinajstić information content (AvgIpc) is 3.40. The van der Waals surface area contributed by atoms with Crippen molar-refractivity contribution in [3.63, 3.8) is 0 Å². The lowest BCUT2D eigenvalue weighted by atomic mass is 9.95. The van der Waals surface area contributed by atoms with E-state index in [1.165, 1.54) is 29.2 Å². The van der Waals surface area contributed by atoms with Gasteiger partial charge in [-0.25, -0.2) is 4.39 Å². The minimum atomic E-state index is -0.827. The summed E-state index contributed by atoms with van der Waals surface area (Å²) < 4.78 is 18.8. The van der Waals surface area contributed by atoms with E-state index >= 15 is 0 Å². The zero-order valence-electron chi connectivity index (χ0n) is 19.3. The van der Waals surface area contributed by atoms with Crippen molar-refractivity contribution in [2.45, 2.75) is 12.5 Å². The Labute approximate surface area is 211 Å². The van der Waals surface area contributed by atoms with Crippen LogP contribution in [0, 0.1) is 5.82 Å². The third-order valence-corrected chi connectivity index (χ3v) is 6.69. The molecule has 0 aliphatic carbocycles. The number of aliphatic hydroxyl groups is 1. The quantitative estimate of drug-likeness (QED) is 0.202. The lowest BCUT2D eigenvalue weighted by molar-refractivity contribution is -0.139. The van der Waals surface area contributed by atoms with Crippen LogP contribution in [0.1, 0.15) is 22.7 Å². The summed E-state index contributed by atoms with van der Waals surface area (Å²) in [5, 5.41) is 12.5. The number of carbonyl (C=O) groups is 2. The molecule has 6 nitrogen and oxygen atoms in total. The summed E-state index contributed by atoms with van der Waals surface area (Å²) in [6, 6.07) is 16.8. The Hall–Kier alpha value is -4.10. The smallest absolute Gasteiger partial charge is 0.295 e. The van der Waals surface area contributed by atoms with Crippen LogP contribution < -0.4 is 4.74 Å². The topological polar surface area (TPSA) is 82.6 Å². The SMILES string of the molecule is COc1ccc2[nH]cc(CCN3C(=O)C(=O)C(=C(O)c4ccc(F)cc4)[C@@H]3c3ccc(Cl)cc3)c2c1. The number of likely N-dealkylation sites (tertiary alicyclic amines) is 1. The fraction of sp³-hybridized carbons (Fsp3) is 0.143. The van der Waals surface area contributed by atoms with Gasteiger partial charge in [-0.2, -0.15) is 0 Å². The summed E-state index contributed by atoms with van der Waals surface area (Å²) in [5.74, 6) is -1.62. The molecule has 5 rings (SSSR count). The van der Waals surface area contributed by atoms with E-state index < -0.39 is 23.5 Å². The molecule has 0 unspecified atom stereocenters. The number of Topliss-reactive ketones (excluding diaryl/α,β-unsaturated/α-hetero) is 1. The number of methoxy groups -OCH3 is 1. The van der Waals surface area contributed by atoms with Gasteiger partial charge in [-0.1, -0.05) is 23.7 Å². The number of nitrogens with one attached hydrogen (secondary N) is 1. The zero-order valence-corrected chi connectivity index (χ0v) is 20.1. The van der Waals surface area contributed by atoms with Gasteiger partial charge in [0, 0.05) is 34.2 Å². The van der Waals surface area contributed by atoms with Crippen LogP contribution in [-0.4, -0.2) is 40.3 Å². The van der Waals surface area contributed by atoms with Crippen LogP contribution in [0.5, 0.6) is 5.75 Å². The first-order valence-electron chi connectivity index (χ1n) is 11.3. The fourth-order valence-electron chi connectivity index (χ4n) is 4.60. The van der Waals surface area contributed by atoms with Gasteiger partial charge in [-0.05, 0) is 72.1 Å². The highest BCUT2D eigenvalue weighted by Crippen LogP contribution is 2.40. The predicted molar refractivity (Wildman–Crippen MR) is 135 cm³/mol. The number of rotatable bonds is 6. The van der Waals surface area contributed by atoms with E-state index in [1.54, 1.807) is 31.4 Å². The van der Waals surface area contributed by atoms with Gasteiger partial charge in [0.25, 0.3) is 11.7 Å². The number of aromatic nitrogens is 1. The molecule has 0 saturated carbocycles. The molecule has 1 aliphatic rings. The minimum Gasteiger partial charge on any atom is -0.507 e. The molecule has 1 aliphatic heterocycles. The number of halogens is 2. The Kier molecular flexibility index (Phi) is 6.24. The first kappa shape index (κ1) is 23.6. The van der Waals surface area contributed by atoms with Gasteiger partial charge < -0.3 is 19.7 Å². The van der Waals surface area contributed by atoms with Crippen molar-refractivity contribution in [2.75, 3.05) is 13.7 Å². The Morgan fingerprint density at radius 2 is 1.81 bits per heavy atom. The highest BCUT2D eigenvalue weighted by molar-refractivity contribution is 6.46. The molecule has 1 amide bonds. The van der Waals surface area contributed by atoms with Crippen LogP contribution in [-0.2, 0) is 16.0 Å². The molecule has 1 aromatic heterocycles. The molecule has 3 aromatic carbocycles. The van der Waals surface area contributed by atoms with Crippen LogP contribution in [0.15, 0.2) is 78.5 Å². The molecular weight excluding hydrogens is 483 g/mol. The van der Waals surface area contributed by atoms with E-state index in [1.807, 2.05) is 24.4 Å².